The zero-order valence-corrected chi connectivity index (χ0v) is 9.15. The van der Waals surface area contributed by atoms with Gasteiger partial charge in [0, 0.05) is 25.0 Å². The molecule has 1 atom stereocenters. The molecular formula is C11H19N3O. The minimum Gasteiger partial charge on any atom is -0.380 e. The lowest BCUT2D eigenvalue weighted by molar-refractivity contribution is 0.112. The van der Waals surface area contributed by atoms with Gasteiger partial charge in [0.15, 0.2) is 0 Å². The van der Waals surface area contributed by atoms with Gasteiger partial charge in [-0.2, -0.15) is 0 Å². The minimum atomic E-state index is 0.153. The minimum absolute atomic E-state index is 0.153. The van der Waals surface area contributed by atoms with Gasteiger partial charge in [-0.05, 0) is 24.5 Å². The van der Waals surface area contributed by atoms with Gasteiger partial charge >= 0.3 is 0 Å². The van der Waals surface area contributed by atoms with Crippen molar-refractivity contribution in [2.45, 2.75) is 25.8 Å². The van der Waals surface area contributed by atoms with Crippen molar-refractivity contribution in [1.82, 2.24) is 10.4 Å². The lowest BCUT2D eigenvalue weighted by atomic mass is 10.1. The largest absolute Gasteiger partial charge is 0.380 e. The summed E-state index contributed by atoms with van der Waals surface area (Å²) in [6, 6.07) is 4.12. The van der Waals surface area contributed by atoms with Crippen LogP contribution in [0.15, 0.2) is 24.5 Å². The molecule has 1 aromatic heterocycles. The molecule has 1 unspecified atom stereocenters. The number of ether oxygens (including phenoxy) is 1. The Morgan fingerprint density at radius 2 is 2.47 bits per heavy atom. The van der Waals surface area contributed by atoms with E-state index in [9.17, 15) is 0 Å². The highest BCUT2D eigenvalue weighted by atomic mass is 16.5. The van der Waals surface area contributed by atoms with Crippen molar-refractivity contribution in [2.75, 3.05) is 13.2 Å². The first-order valence-electron chi connectivity index (χ1n) is 5.29. The van der Waals surface area contributed by atoms with Gasteiger partial charge in [0.2, 0.25) is 0 Å². The Morgan fingerprint density at radius 3 is 3.07 bits per heavy atom. The second-order valence-electron chi connectivity index (χ2n) is 3.50. The topological polar surface area (TPSA) is 60.2 Å². The highest BCUT2D eigenvalue weighted by Gasteiger charge is 2.07. The first-order chi connectivity index (χ1) is 7.36. The van der Waals surface area contributed by atoms with Crippen molar-refractivity contribution in [2.24, 2.45) is 5.84 Å². The van der Waals surface area contributed by atoms with Crippen LogP contribution in [0.4, 0.5) is 0 Å². The summed E-state index contributed by atoms with van der Waals surface area (Å²) in [6.07, 6.45) is 5.49. The third-order valence-corrected chi connectivity index (χ3v) is 2.11. The molecule has 0 amide bonds. The molecule has 0 aliphatic carbocycles. The molecule has 15 heavy (non-hydrogen) atoms. The van der Waals surface area contributed by atoms with E-state index < -0.39 is 0 Å². The predicted molar refractivity (Wildman–Crippen MR) is 60.2 cm³/mol. The highest BCUT2D eigenvalue weighted by molar-refractivity contribution is 5.10. The lowest BCUT2D eigenvalue weighted by Gasteiger charge is -2.15. The van der Waals surface area contributed by atoms with Gasteiger partial charge in [0.1, 0.15) is 0 Å². The monoisotopic (exact) mass is 209 g/mol. The standard InChI is InChI=1S/C11H19N3O/c1-2-6-15-9-11(14-12)7-10-4-3-5-13-8-10/h3-5,8,11,14H,2,6-7,9,12H2,1H3. The molecule has 4 heteroatoms. The SMILES string of the molecule is CCCOCC(Cc1cccnc1)NN. The molecule has 3 N–H and O–H groups in total. The number of rotatable bonds is 7. The second-order valence-corrected chi connectivity index (χ2v) is 3.50. The fourth-order valence-electron chi connectivity index (χ4n) is 1.34. The molecule has 4 nitrogen and oxygen atoms in total. The fourth-order valence-corrected chi connectivity index (χ4v) is 1.34. The van der Waals surface area contributed by atoms with Gasteiger partial charge in [0.25, 0.3) is 0 Å². The Kier molecular flexibility index (Phi) is 5.92. The van der Waals surface area contributed by atoms with Crippen LogP contribution in [-0.4, -0.2) is 24.2 Å². The summed E-state index contributed by atoms with van der Waals surface area (Å²) in [5.41, 5.74) is 3.92. The molecule has 0 aliphatic heterocycles. The number of nitrogens with two attached hydrogens (primary N) is 1. The Bertz CT molecular complexity index is 253. The van der Waals surface area contributed by atoms with E-state index in [2.05, 4.69) is 17.3 Å². The first-order valence-corrected chi connectivity index (χ1v) is 5.29. The lowest BCUT2D eigenvalue weighted by Crippen LogP contribution is -2.40. The van der Waals surface area contributed by atoms with Gasteiger partial charge in [-0.1, -0.05) is 13.0 Å². The molecule has 0 saturated heterocycles. The quantitative estimate of drug-likeness (QED) is 0.397. The third-order valence-electron chi connectivity index (χ3n) is 2.11. The Balaban J connectivity index is 2.33. The average Bonchev–Trinajstić information content (AvgIpc) is 2.29. The molecule has 0 aliphatic rings. The molecule has 0 radical (unpaired) electrons. The Labute approximate surface area is 90.8 Å². The molecule has 0 saturated carbocycles. The van der Waals surface area contributed by atoms with Crippen LogP contribution in [-0.2, 0) is 11.2 Å². The molecule has 0 aromatic carbocycles. The highest BCUT2D eigenvalue weighted by Crippen LogP contribution is 2.01. The number of pyridine rings is 1. The third kappa shape index (κ3) is 4.88. The normalized spacial score (nSPS) is 12.7. The van der Waals surface area contributed by atoms with Crippen LogP contribution in [0.3, 0.4) is 0 Å². The van der Waals surface area contributed by atoms with Crippen LogP contribution in [0.5, 0.6) is 0 Å². The summed E-state index contributed by atoms with van der Waals surface area (Å²) in [7, 11) is 0. The Hall–Kier alpha value is -0.970. The van der Waals surface area contributed by atoms with E-state index in [1.807, 2.05) is 18.3 Å². The number of nitrogens with one attached hydrogen (secondary N) is 1. The van der Waals surface area contributed by atoms with E-state index in [4.69, 9.17) is 10.6 Å². The van der Waals surface area contributed by atoms with E-state index in [0.717, 1.165) is 19.4 Å². The molecule has 1 aromatic rings. The predicted octanol–water partition coefficient (Wildman–Crippen LogP) is 0.883. The van der Waals surface area contributed by atoms with Crippen LogP contribution in [0.25, 0.3) is 0 Å². The first kappa shape index (κ1) is 12.1. The van der Waals surface area contributed by atoms with E-state index in [-0.39, 0.29) is 6.04 Å². The smallest absolute Gasteiger partial charge is 0.0636 e. The number of hydrogen-bond donors (Lipinski definition) is 2. The van der Waals surface area contributed by atoms with Crippen molar-refractivity contribution in [3.8, 4) is 0 Å². The summed E-state index contributed by atoms with van der Waals surface area (Å²) >= 11 is 0. The van der Waals surface area contributed by atoms with E-state index >= 15 is 0 Å². The zero-order chi connectivity index (χ0) is 10.9. The molecule has 84 valence electrons. The summed E-state index contributed by atoms with van der Waals surface area (Å²) in [4.78, 5) is 4.06. The number of nitrogens with zero attached hydrogens (tertiary/aromatic N) is 1. The van der Waals surface area contributed by atoms with Gasteiger partial charge in [0.05, 0.1) is 6.61 Å². The van der Waals surface area contributed by atoms with E-state index in [1.165, 1.54) is 5.56 Å². The van der Waals surface area contributed by atoms with Crippen molar-refractivity contribution < 1.29 is 4.74 Å². The van der Waals surface area contributed by atoms with Gasteiger partial charge < -0.3 is 4.74 Å². The van der Waals surface area contributed by atoms with E-state index in [0.29, 0.717) is 6.61 Å². The maximum Gasteiger partial charge on any atom is 0.0636 e. The second kappa shape index (κ2) is 7.34. The summed E-state index contributed by atoms with van der Waals surface area (Å²) < 4.78 is 5.45. The molecule has 0 bridgehead atoms. The number of hydrogen-bond acceptors (Lipinski definition) is 4. The Morgan fingerprint density at radius 1 is 1.60 bits per heavy atom. The van der Waals surface area contributed by atoms with Crippen LogP contribution in [0, 0.1) is 0 Å². The summed E-state index contributed by atoms with van der Waals surface area (Å²) in [5, 5.41) is 0. The van der Waals surface area contributed by atoms with Crippen molar-refractivity contribution in [3.63, 3.8) is 0 Å². The summed E-state index contributed by atoms with van der Waals surface area (Å²) in [6.45, 7) is 3.51. The average molecular weight is 209 g/mol. The molecular weight excluding hydrogens is 190 g/mol. The maximum absolute atomic E-state index is 5.45. The van der Waals surface area contributed by atoms with Crippen LogP contribution < -0.4 is 11.3 Å². The molecule has 1 heterocycles. The molecule has 0 fully saturated rings. The van der Waals surface area contributed by atoms with Gasteiger partial charge in [-0.3, -0.25) is 16.3 Å². The van der Waals surface area contributed by atoms with Crippen molar-refractivity contribution in [1.29, 1.82) is 0 Å². The van der Waals surface area contributed by atoms with Crippen molar-refractivity contribution in [3.05, 3.63) is 30.1 Å². The summed E-state index contributed by atoms with van der Waals surface area (Å²) in [5.74, 6) is 5.45. The maximum atomic E-state index is 5.45. The number of hydrazine groups is 1. The fraction of sp³-hybridized carbons (Fsp3) is 0.545. The van der Waals surface area contributed by atoms with Gasteiger partial charge in [-0.25, -0.2) is 0 Å². The van der Waals surface area contributed by atoms with E-state index in [1.54, 1.807) is 6.20 Å². The number of aromatic nitrogens is 1. The zero-order valence-electron chi connectivity index (χ0n) is 9.15. The molecule has 0 spiro atoms. The van der Waals surface area contributed by atoms with Gasteiger partial charge in [-0.15, -0.1) is 0 Å². The molecule has 1 rings (SSSR count). The van der Waals surface area contributed by atoms with Crippen LogP contribution >= 0.6 is 0 Å². The van der Waals surface area contributed by atoms with Crippen LogP contribution in [0.2, 0.25) is 0 Å². The van der Waals surface area contributed by atoms with Crippen molar-refractivity contribution >= 4 is 0 Å². The van der Waals surface area contributed by atoms with Crippen LogP contribution in [0.1, 0.15) is 18.9 Å².